The highest BCUT2D eigenvalue weighted by Gasteiger charge is 2.28. The fourth-order valence-corrected chi connectivity index (χ4v) is 7.66. The summed E-state index contributed by atoms with van der Waals surface area (Å²) in [5, 5.41) is 9.71. The minimum Gasteiger partial charge on any atom is -0.462 e. The summed E-state index contributed by atoms with van der Waals surface area (Å²) in [6.07, 6.45) is 37.6. The Balaban J connectivity index is 4.73. The fourth-order valence-electron chi connectivity index (χ4n) is 6.88. The zero-order chi connectivity index (χ0) is 44.2. The summed E-state index contributed by atoms with van der Waals surface area (Å²) >= 11 is 0. The molecule has 0 spiro atoms. The summed E-state index contributed by atoms with van der Waals surface area (Å²) in [7, 11) is -4.72. The third kappa shape index (κ3) is 41.6. The Morgan fingerprint density at radius 3 is 1.17 bits per heavy atom. The van der Waals surface area contributed by atoms with E-state index < -0.39 is 57.8 Å². The maximum absolute atomic E-state index is 12.8. The van der Waals surface area contributed by atoms with E-state index in [-0.39, 0.29) is 25.9 Å². The number of phosphoric acid groups is 1. The van der Waals surface area contributed by atoms with Gasteiger partial charge >= 0.3 is 25.7 Å². The summed E-state index contributed by atoms with van der Waals surface area (Å²) in [5.74, 6) is -1.46. The van der Waals surface area contributed by atoms with Crippen LogP contribution in [-0.2, 0) is 42.2 Å². The molecule has 2 N–H and O–H groups in total. The Morgan fingerprint density at radius 1 is 0.450 bits per heavy atom. The van der Waals surface area contributed by atoms with Gasteiger partial charge in [-0.05, 0) is 44.9 Å². The molecule has 3 atom stereocenters. The Kier molecular flexibility index (Phi) is 42.6. The van der Waals surface area contributed by atoms with Crippen LogP contribution in [0.1, 0.15) is 239 Å². The van der Waals surface area contributed by atoms with Crippen LogP contribution >= 0.6 is 7.82 Å². The van der Waals surface area contributed by atoms with E-state index in [9.17, 15) is 28.9 Å². The molecule has 60 heavy (non-hydrogen) atoms. The van der Waals surface area contributed by atoms with Gasteiger partial charge in [-0.25, -0.2) is 4.57 Å². The van der Waals surface area contributed by atoms with Gasteiger partial charge in [0.2, 0.25) is 0 Å². The maximum Gasteiger partial charge on any atom is 0.472 e. The molecule has 354 valence electrons. The molecule has 0 aliphatic rings. The van der Waals surface area contributed by atoms with E-state index in [1.165, 1.54) is 103 Å². The van der Waals surface area contributed by atoms with Crippen molar-refractivity contribution in [3.63, 3.8) is 0 Å². The molecule has 11 nitrogen and oxygen atoms in total. The largest absolute Gasteiger partial charge is 0.472 e. The molecule has 0 saturated heterocycles. The van der Waals surface area contributed by atoms with Gasteiger partial charge in [0.15, 0.2) is 6.10 Å². The first-order valence-electron chi connectivity index (χ1n) is 24.6. The second-order valence-electron chi connectivity index (χ2n) is 16.6. The van der Waals surface area contributed by atoms with Crippen LogP contribution in [0.25, 0.3) is 0 Å². The van der Waals surface area contributed by atoms with E-state index in [0.29, 0.717) is 19.3 Å². The van der Waals surface area contributed by atoms with Crippen LogP contribution in [0.5, 0.6) is 0 Å². The minimum absolute atomic E-state index is 0.173. The molecule has 12 heteroatoms. The third-order valence-electron chi connectivity index (χ3n) is 10.7. The number of hydrogen-bond acceptors (Lipinski definition) is 10. The minimum atomic E-state index is -4.72. The van der Waals surface area contributed by atoms with Crippen molar-refractivity contribution in [1.82, 2.24) is 0 Å². The highest BCUT2D eigenvalue weighted by molar-refractivity contribution is 7.47. The van der Waals surface area contributed by atoms with Crippen LogP contribution in [0.4, 0.5) is 0 Å². The molecule has 3 unspecified atom stereocenters. The van der Waals surface area contributed by atoms with Gasteiger partial charge < -0.3 is 24.2 Å². The van der Waals surface area contributed by atoms with E-state index in [4.69, 9.17) is 23.3 Å². The summed E-state index contributed by atoms with van der Waals surface area (Å²) < 4.78 is 39.2. The summed E-state index contributed by atoms with van der Waals surface area (Å²) in [6.45, 7) is 4.59. The number of ether oxygens (including phenoxy) is 3. The number of hydrogen-bond donors (Lipinski definition) is 2. The molecule has 0 aliphatic carbocycles. The van der Waals surface area contributed by atoms with Crippen LogP contribution in [0.3, 0.4) is 0 Å². The van der Waals surface area contributed by atoms with Gasteiger partial charge in [-0.1, -0.05) is 187 Å². The number of allylic oxidation sites excluding steroid dienone is 2. The molecule has 0 aromatic carbocycles. The van der Waals surface area contributed by atoms with Crippen molar-refractivity contribution in [1.29, 1.82) is 0 Å². The Labute approximate surface area is 366 Å². The van der Waals surface area contributed by atoms with Crippen molar-refractivity contribution >= 4 is 25.7 Å². The van der Waals surface area contributed by atoms with E-state index in [2.05, 4.69) is 32.9 Å². The third-order valence-corrected chi connectivity index (χ3v) is 11.6. The van der Waals surface area contributed by atoms with Gasteiger partial charge in [-0.2, -0.15) is 0 Å². The molecule has 0 saturated carbocycles. The lowest BCUT2D eigenvalue weighted by atomic mass is 10.1. The predicted molar refractivity (Wildman–Crippen MR) is 243 cm³/mol. The molecule has 0 radical (unpaired) electrons. The second-order valence-corrected chi connectivity index (χ2v) is 18.1. The van der Waals surface area contributed by atoms with Crippen molar-refractivity contribution in [2.24, 2.45) is 0 Å². The Hall–Kier alpha value is -1.78. The van der Waals surface area contributed by atoms with Crippen molar-refractivity contribution in [3.05, 3.63) is 12.2 Å². The van der Waals surface area contributed by atoms with E-state index in [1.807, 2.05) is 0 Å². The molecule has 0 bridgehead atoms. The van der Waals surface area contributed by atoms with Crippen LogP contribution in [0, 0.1) is 0 Å². The smallest absolute Gasteiger partial charge is 0.462 e. The highest BCUT2D eigenvalue weighted by atomic mass is 31.2. The van der Waals surface area contributed by atoms with Gasteiger partial charge in [-0.15, -0.1) is 0 Å². The lowest BCUT2D eigenvalue weighted by molar-refractivity contribution is -0.161. The Bertz CT molecular complexity index is 1070. The first-order valence-corrected chi connectivity index (χ1v) is 26.1. The van der Waals surface area contributed by atoms with Gasteiger partial charge in [0, 0.05) is 19.3 Å². The van der Waals surface area contributed by atoms with E-state index in [0.717, 1.165) is 77.0 Å². The molecule has 0 rings (SSSR count). The molecule has 0 amide bonds. The Morgan fingerprint density at radius 2 is 0.767 bits per heavy atom. The number of unbranched alkanes of at least 4 members (excludes halogenated alkanes) is 27. The summed E-state index contributed by atoms with van der Waals surface area (Å²) in [5.41, 5.74) is 0. The maximum atomic E-state index is 12.8. The first kappa shape index (κ1) is 58.2. The monoisotopic (exact) mass is 875 g/mol. The number of carbonyl (C=O) groups excluding carboxylic acids is 3. The predicted octanol–water partition coefficient (Wildman–Crippen LogP) is 13.4. The van der Waals surface area contributed by atoms with Crippen LogP contribution in [0.15, 0.2) is 12.2 Å². The number of rotatable bonds is 46. The van der Waals surface area contributed by atoms with Gasteiger partial charge in [0.25, 0.3) is 0 Å². The standard InChI is InChI=1S/C48H91O11P/c1-4-7-10-13-16-19-21-22-24-26-28-31-34-37-46(50)55-41-45(59-48(52)39-36-33-30-27-23-20-17-14-11-8-5-2)43-57-60(53,54)56-42-44(40-49)58-47(51)38-35-32-29-25-18-15-12-9-6-3/h19,21,44-45,49H,4-18,20,22-43H2,1-3H3,(H,53,54)/b21-19-. The molecule has 0 aromatic heterocycles. The van der Waals surface area contributed by atoms with Crippen LogP contribution in [-0.4, -0.2) is 66.5 Å². The number of esters is 3. The first-order chi connectivity index (χ1) is 29.2. The zero-order valence-electron chi connectivity index (χ0n) is 38.7. The quantitative estimate of drug-likeness (QED) is 0.0197. The molecule has 0 heterocycles. The second kappa shape index (κ2) is 43.9. The fraction of sp³-hybridized carbons (Fsp3) is 0.896. The lowest BCUT2D eigenvalue weighted by Crippen LogP contribution is -2.30. The topological polar surface area (TPSA) is 155 Å². The molecule has 0 aromatic rings. The molecule has 0 aliphatic heterocycles. The van der Waals surface area contributed by atoms with Crippen LogP contribution < -0.4 is 0 Å². The van der Waals surface area contributed by atoms with Gasteiger partial charge in [0.1, 0.15) is 12.7 Å². The van der Waals surface area contributed by atoms with Gasteiger partial charge in [0.05, 0.1) is 19.8 Å². The van der Waals surface area contributed by atoms with Crippen molar-refractivity contribution in [3.8, 4) is 0 Å². The van der Waals surface area contributed by atoms with Gasteiger partial charge in [-0.3, -0.25) is 23.4 Å². The number of aliphatic hydroxyl groups is 1. The normalized spacial score (nSPS) is 13.6. The average Bonchev–Trinajstić information content (AvgIpc) is 3.23. The van der Waals surface area contributed by atoms with Crippen molar-refractivity contribution in [2.45, 2.75) is 251 Å². The van der Waals surface area contributed by atoms with E-state index >= 15 is 0 Å². The summed E-state index contributed by atoms with van der Waals surface area (Å²) in [6, 6.07) is 0. The summed E-state index contributed by atoms with van der Waals surface area (Å²) in [4.78, 5) is 48.0. The number of phosphoric ester groups is 1. The van der Waals surface area contributed by atoms with Crippen molar-refractivity contribution in [2.75, 3.05) is 26.4 Å². The number of aliphatic hydroxyl groups excluding tert-OH is 1. The van der Waals surface area contributed by atoms with Crippen molar-refractivity contribution < 1.29 is 52.2 Å². The average molecular weight is 875 g/mol. The molecular weight excluding hydrogens is 783 g/mol. The lowest BCUT2D eigenvalue weighted by Gasteiger charge is -2.21. The zero-order valence-corrected chi connectivity index (χ0v) is 39.6. The SMILES string of the molecule is CCCCCC/C=C\CCCCCCCC(=O)OCC(COP(=O)(O)OCC(CO)OC(=O)CCCCCCCCCCC)OC(=O)CCCCCCCCCCCCC. The van der Waals surface area contributed by atoms with E-state index in [1.54, 1.807) is 0 Å². The molecule has 0 fully saturated rings. The number of carbonyl (C=O) groups is 3. The van der Waals surface area contributed by atoms with Crippen LogP contribution in [0.2, 0.25) is 0 Å². The molecular formula is C48H91O11P. The highest BCUT2D eigenvalue weighted by Crippen LogP contribution is 2.43.